The van der Waals surface area contributed by atoms with E-state index in [0.29, 0.717) is 0 Å². The second kappa shape index (κ2) is 8.04. The van der Waals surface area contributed by atoms with Crippen molar-refractivity contribution >= 4 is 16.6 Å². The molecule has 2 N–H and O–H groups in total. The second-order valence-corrected chi connectivity index (χ2v) is 6.70. The van der Waals surface area contributed by atoms with Crippen LogP contribution >= 0.6 is 0 Å². The maximum absolute atomic E-state index is 13.2. The van der Waals surface area contributed by atoms with Crippen LogP contribution in [-0.2, 0) is 12.8 Å². The summed E-state index contributed by atoms with van der Waals surface area (Å²) in [6, 6.07) is 19.1. The molecule has 0 spiro atoms. The van der Waals surface area contributed by atoms with Crippen molar-refractivity contribution in [2.24, 2.45) is 0 Å². The first-order chi connectivity index (χ1) is 13.3. The molecule has 3 nitrogen and oxygen atoms in total. The summed E-state index contributed by atoms with van der Waals surface area (Å²) in [6.07, 6.45) is 6.38. The van der Waals surface area contributed by atoms with E-state index >= 15 is 0 Å². The zero-order valence-electron chi connectivity index (χ0n) is 15.1. The average molecular weight is 359 g/mol. The van der Waals surface area contributed by atoms with Gasteiger partial charge < -0.3 is 10.3 Å². The highest BCUT2D eigenvalue weighted by atomic mass is 19.1. The summed E-state index contributed by atoms with van der Waals surface area (Å²) in [5.41, 5.74) is 5.93. The van der Waals surface area contributed by atoms with Gasteiger partial charge in [0.15, 0.2) is 0 Å². The number of halogens is 1. The smallest absolute Gasteiger partial charge is 0.123 e. The molecule has 0 atom stereocenters. The number of anilines is 1. The molecule has 0 saturated heterocycles. The zero-order chi connectivity index (χ0) is 18.5. The summed E-state index contributed by atoms with van der Waals surface area (Å²) in [5, 5.41) is 4.72. The number of nitrogens with zero attached hydrogens (tertiary/aromatic N) is 1. The van der Waals surface area contributed by atoms with E-state index in [-0.39, 0.29) is 5.82 Å². The van der Waals surface area contributed by atoms with Crippen molar-refractivity contribution in [2.75, 3.05) is 11.9 Å². The highest BCUT2D eigenvalue weighted by molar-refractivity contribution is 5.84. The third-order valence-corrected chi connectivity index (χ3v) is 4.81. The molecule has 2 aromatic heterocycles. The Bertz CT molecular complexity index is 1010. The van der Waals surface area contributed by atoms with Gasteiger partial charge in [0.05, 0.1) is 0 Å². The van der Waals surface area contributed by atoms with E-state index < -0.39 is 0 Å². The molecule has 4 heteroatoms. The molecule has 27 heavy (non-hydrogen) atoms. The number of benzene rings is 2. The van der Waals surface area contributed by atoms with Crippen molar-refractivity contribution in [1.82, 2.24) is 9.97 Å². The summed E-state index contributed by atoms with van der Waals surface area (Å²) < 4.78 is 13.2. The number of para-hydroxylation sites is 1. The Morgan fingerprint density at radius 3 is 2.52 bits per heavy atom. The quantitative estimate of drug-likeness (QED) is 0.437. The number of aryl methyl sites for hydroxylation is 1. The van der Waals surface area contributed by atoms with E-state index in [1.165, 1.54) is 28.8 Å². The minimum absolute atomic E-state index is 0.196. The van der Waals surface area contributed by atoms with Gasteiger partial charge in [-0.1, -0.05) is 30.3 Å². The van der Waals surface area contributed by atoms with Gasteiger partial charge in [0.1, 0.15) is 5.82 Å². The number of nitrogens with one attached hydrogen (secondary N) is 2. The summed E-state index contributed by atoms with van der Waals surface area (Å²) in [4.78, 5) is 7.60. The molecule has 0 saturated carbocycles. The van der Waals surface area contributed by atoms with Crippen LogP contribution in [0.4, 0.5) is 10.1 Å². The Kier molecular flexibility index (Phi) is 5.15. The molecule has 2 heterocycles. The third kappa shape index (κ3) is 4.17. The van der Waals surface area contributed by atoms with Crippen LogP contribution in [-0.4, -0.2) is 16.5 Å². The SMILES string of the molecule is Fc1ccc(Cc2[nH]c3ccccc3c2CCCNc2ccncc2)cc1. The molecule has 0 radical (unpaired) electrons. The monoisotopic (exact) mass is 359 g/mol. The molecular formula is C23H22FN3. The van der Waals surface area contributed by atoms with Crippen LogP contribution in [0.3, 0.4) is 0 Å². The molecule has 0 unspecified atom stereocenters. The highest BCUT2D eigenvalue weighted by Crippen LogP contribution is 2.26. The van der Waals surface area contributed by atoms with Crippen molar-refractivity contribution in [2.45, 2.75) is 19.3 Å². The van der Waals surface area contributed by atoms with E-state index in [0.717, 1.165) is 42.6 Å². The van der Waals surface area contributed by atoms with Gasteiger partial charge in [0, 0.05) is 47.6 Å². The number of aromatic amines is 1. The first-order valence-corrected chi connectivity index (χ1v) is 9.26. The molecule has 2 aromatic carbocycles. The summed E-state index contributed by atoms with van der Waals surface area (Å²) in [6.45, 7) is 0.902. The fourth-order valence-electron chi connectivity index (χ4n) is 3.47. The lowest BCUT2D eigenvalue weighted by atomic mass is 10.0. The third-order valence-electron chi connectivity index (χ3n) is 4.81. The first-order valence-electron chi connectivity index (χ1n) is 9.26. The standard InChI is InChI=1S/C23H22FN3/c24-18-9-7-17(8-10-18)16-23-21(20-4-1-2-6-22(20)27-23)5-3-13-26-19-11-14-25-15-12-19/h1-2,4,6-12,14-15,27H,3,5,13,16H2,(H,25,26). The van der Waals surface area contributed by atoms with Gasteiger partial charge in [-0.3, -0.25) is 4.98 Å². The topological polar surface area (TPSA) is 40.7 Å². The van der Waals surface area contributed by atoms with Crippen LogP contribution < -0.4 is 5.32 Å². The van der Waals surface area contributed by atoms with Crippen LogP contribution in [0.1, 0.15) is 23.2 Å². The van der Waals surface area contributed by atoms with Gasteiger partial charge in [-0.2, -0.15) is 0 Å². The lowest BCUT2D eigenvalue weighted by molar-refractivity contribution is 0.627. The Morgan fingerprint density at radius 2 is 1.70 bits per heavy atom. The number of pyridine rings is 1. The molecular weight excluding hydrogens is 337 g/mol. The fourth-order valence-corrected chi connectivity index (χ4v) is 3.47. The van der Waals surface area contributed by atoms with Gasteiger partial charge in [-0.25, -0.2) is 4.39 Å². The van der Waals surface area contributed by atoms with Crippen LogP contribution in [0, 0.1) is 5.82 Å². The Hall–Kier alpha value is -3.14. The minimum Gasteiger partial charge on any atom is -0.385 e. The van der Waals surface area contributed by atoms with Crippen molar-refractivity contribution in [1.29, 1.82) is 0 Å². The molecule has 0 aliphatic heterocycles. The van der Waals surface area contributed by atoms with Crippen molar-refractivity contribution < 1.29 is 4.39 Å². The first kappa shape index (κ1) is 17.3. The lowest BCUT2D eigenvalue weighted by Gasteiger charge is -2.08. The van der Waals surface area contributed by atoms with Gasteiger partial charge in [0.25, 0.3) is 0 Å². The van der Waals surface area contributed by atoms with Gasteiger partial charge >= 0.3 is 0 Å². The van der Waals surface area contributed by atoms with Crippen LogP contribution in [0.15, 0.2) is 73.1 Å². The summed E-state index contributed by atoms with van der Waals surface area (Å²) in [5.74, 6) is -0.196. The molecule has 0 amide bonds. The zero-order valence-corrected chi connectivity index (χ0v) is 15.1. The second-order valence-electron chi connectivity index (χ2n) is 6.70. The normalized spacial score (nSPS) is 11.0. The summed E-state index contributed by atoms with van der Waals surface area (Å²) >= 11 is 0. The maximum atomic E-state index is 13.2. The average Bonchev–Trinajstić information content (AvgIpc) is 3.05. The number of fused-ring (bicyclic) bond motifs is 1. The number of hydrogen-bond donors (Lipinski definition) is 2. The van der Waals surface area contributed by atoms with E-state index in [1.54, 1.807) is 12.4 Å². The molecule has 4 aromatic rings. The molecule has 0 aliphatic rings. The van der Waals surface area contributed by atoms with Crippen LogP contribution in [0.2, 0.25) is 0 Å². The number of H-pyrrole nitrogens is 1. The summed E-state index contributed by atoms with van der Waals surface area (Å²) in [7, 11) is 0. The van der Waals surface area contributed by atoms with E-state index in [2.05, 4.69) is 39.6 Å². The van der Waals surface area contributed by atoms with Crippen LogP contribution in [0.5, 0.6) is 0 Å². The largest absolute Gasteiger partial charge is 0.385 e. The molecule has 4 rings (SSSR count). The predicted molar refractivity (Wildman–Crippen MR) is 109 cm³/mol. The van der Waals surface area contributed by atoms with Crippen molar-refractivity contribution in [3.8, 4) is 0 Å². The van der Waals surface area contributed by atoms with Crippen LogP contribution in [0.25, 0.3) is 10.9 Å². The highest BCUT2D eigenvalue weighted by Gasteiger charge is 2.11. The van der Waals surface area contributed by atoms with E-state index in [1.807, 2.05) is 24.3 Å². The molecule has 136 valence electrons. The molecule has 0 aliphatic carbocycles. The number of rotatable bonds is 7. The van der Waals surface area contributed by atoms with E-state index in [4.69, 9.17) is 0 Å². The van der Waals surface area contributed by atoms with Crippen molar-refractivity contribution in [3.05, 3.63) is 95.7 Å². The molecule has 0 fully saturated rings. The number of hydrogen-bond acceptors (Lipinski definition) is 2. The molecule has 0 bridgehead atoms. The maximum Gasteiger partial charge on any atom is 0.123 e. The van der Waals surface area contributed by atoms with E-state index in [9.17, 15) is 4.39 Å². The lowest BCUT2D eigenvalue weighted by Crippen LogP contribution is -2.04. The Morgan fingerprint density at radius 1 is 0.926 bits per heavy atom. The van der Waals surface area contributed by atoms with Crippen molar-refractivity contribution in [3.63, 3.8) is 0 Å². The van der Waals surface area contributed by atoms with Gasteiger partial charge in [0.2, 0.25) is 0 Å². The Balaban J connectivity index is 1.50. The number of aromatic nitrogens is 2. The Labute approximate surface area is 158 Å². The minimum atomic E-state index is -0.196. The van der Waals surface area contributed by atoms with Gasteiger partial charge in [-0.05, 0) is 54.3 Å². The fraction of sp³-hybridized carbons (Fsp3) is 0.174. The van der Waals surface area contributed by atoms with Gasteiger partial charge in [-0.15, -0.1) is 0 Å². The predicted octanol–water partition coefficient (Wildman–Crippen LogP) is 5.34.